The van der Waals surface area contributed by atoms with Crippen LogP contribution in [0.3, 0.4) is 0 Å². The van der Waals surface area contributed by atoms with E-state index >= 15 is 0 Å². The van der Waals surface area contributed by atoms with Gasteiger partial charge in [-0.1, -0.05) is 0 Å². The fraction of sp³-hybridized carbons (Fsp3) is 0.889. The quantitative estimate of drug-likeness (QED) is 0.0214. The number of aliphatic hydroxyl groups is 10. The predicted molar refractivity (Wildman–Crippen MR) is 255 cm³/mol. The molecule has 0 spiro atoms. The van der Waals surface area contributed by atoms with Gasteiger partial charge >= 0.3 is 29.8 Å². The third-order valence-electron chi connectivity index (χ3n) is 13.0. The van der Waals surface area contributed by atoms with Crippen LogP contribution in [0.25, 0.3) is 0 Å². The molecule has 0 aromatic rings. The topological polar surface area (TPSA) is 525 Å². The average molecular weight is 1220 g/mol. The standard InChI is InChI=1S/C45H72O36S/c1-65-6-16-27(56)38(69-12-22(48)49)34(63)44(77-16)76-10-19-36(68-11-21(46)47)30(59)32(61)42(80-19)75-9-20-37(72-15-25(54)67-4-5-82-3)31(60)33(62)41(81-20)73-8-18-28(57)39(70-13-23(50)51)35(64)43(78-18)74-7-17-26(55)29(58)40(45(66-2)79-17)71-14-24(52)53/h16-20,26-45,55-64H,4-15H2,1-3H3,(H,46,47)(H,48,49)(H,50,51)(H,52,53). The zero-order valence-corrected chi connectivity index (χ0v) is 44.9. The molecule has 5 fully saturated rings. The Balaban J connectivity index is 1.34. The Morgan fingerprint density at radius 3 is 1.10 bits per heavy atom. The number of carbonyl (C=O) groups is 5. The van der Waals surface area contributed by atoms with Crippen LogP contribution in [-0.2, 0) is 104 Å². The van der Waals surface area contributed by atoms with E-state index in [1.807, 2.05) is 0 Å². The van der Waals surface area contributed by atoms with E-state index in [9.17, 15) is 85.3 Å². The highest BCUT2D eigenvalue weighted by Crippen LogP contribution is 2.33. The van der Waals surface area contributed by atoms with E-state index in [-0.39, 0.29) is 13.2 Å². The van der Waals surface area contributed by atoms with Crippen LogP contribution in [0.1, 0.15) is 0 Å². The molecule has 0 aromatic carbocycles. The van der Waals surface area contributed by atoms with Gasteiger partial charge in [-0.15, -0.1) is 0 Å². The number of aliphatic hydroxyl groups excluding tert-OH is 10. The van der Waals surface area contributed by atoms with Gasteiger partial charge in [-0.3, -0.25) is 0 Å². The van der Waals surface area contributed by atoms with Crippen LogP contribution in [0.5, 0.6) is 0 Å². The molecule has 25 atom stereocenters. The average Bonchev–Trinajstić information content (AvgIpc) is 3.53. The second kappa shape index (κ2) is 33.5. The summed E-state index contributed by atoms with van der Waals surface area (Å²) in [6.07, 6.45) is -43.0. The van der Waals surface area contributed by atoms with Gasteiger partial charge in [-0.2, -0.15) is 11.8 Å². The van der Waals surface area contributed by atoms with E-state index < -0.39 is 243 Å². The molecule has 0 saturated carbocycles. The number of rotatable bonds is 33. The fourth-order valence-corrected chi connectivity index (χ4v) is 9.21. The number of esters is 1. The highest BCUT2D eigenvalue weighted by atomic mass is 32.2. The van der Waals surface area contributed by atoms with Gasteiger partial charge in [0.25, 0.3) is 0 Å². The maximum absolute atomic E-state index is 12.6. The van der Waals surface area contributed by atoms with Gasteiger partial charge in [0, 0.05) is 20.0 Å². The molecule has 5 aliphatic heterocycles. The maximum Gasteiger partial charge on any atom is 0.332 e. The van der Waals surface area contributed by atoms with Gasteiger partial charge in [0.2, 0.25) is 0 Å². The molecule has 0 aromatic heterocycles. The molecule has 5 saturated heterocycles. The van der Waals surface area contributed by atoms with Gasteiger partial charge in [-0.05, 0) is 6.26 Å². The van der Waals surface area contributed by atoms with Crippen LogP contribution >= 0.6 is 11.8 Å². The molecule has 474 valence electrons. The van der Waals surface area contributed by atoms with E-state index in [4.69, 9.17) is 90.7 Å². The van der Waals surface area contributed by atoms with Crippen molar-refractivity contribution in [2.45, 2.75) is 154 Å². The Kier molecular flexibility index (Phi) is 28.4. The molecule has 0 bridgehead atoms. The molecule has 37 heteroatoms. The zero-order valence-electron chi connectivity index (χ0n) is 44.1. The van der Waals surface area contributed by atoms with Gasteiger partial charge in [0.15, 0.2) is 31.5 Å². The minimum absolute atomic E-state index is 0.0416. The SMILES string of the molecule is COCC1OC(OCC2OC(OCC3OC(OCC4OC(OCC5OC(OC)C(OCC(=O)O)C(O)C5O)C(O)C(OCC(=O)O)C4O)C(O)C(O)C3OCC(=O)OCCSC)C(O)C(O)C2OCC(=O)O)C(O)C(OCC(=O)O)C1O. The largest absolute Gasteiger partial charge is 0.480 e. The summed E-state index contributed by atoms with van der Waals surface area (Å²) in [5.41, 5.74) is 0. The normalized spacial score (nSPS) is 39.8. The summed E-state index contributed by atoms with van der Waals surface area (Å²) < 4.78 is 93.8. The predicted octanol–water partition coefficient (Wildman–Crippen LogP) is -9.25. The van der Waals surface area contributed by atoms with E-state index in [1.54, 1.807) is 6.26 Å². The van der Waals surface area contributed by atoms with Crippen molar-refractivity contribution in [3.8, 4) is 0 Å². The van der Waals surface area contributed by atoms with E-state index in [2.05, 4.69) is 0 Å². The van der Waals surface area contributed by atoms with Crippen LogP contribution in [0.4, 0.5) is 0 Å². The van der Waals surface area contributed by atoms with Crippen molar-refractivity contribution >= 4 is 41.6 Å². The summed E-state index contributed by atoms with van der Waals surface area (Å²) >= 11 is 1.35. The van der Waals surface area contributed by atoms with Gasteiger partial charge in [0.05, 0.1) is 33.0 Å². The second-order valence-corrected chi connectivity index (χ2v) is 19.8. The summed E-state index contributed by atoms with van der Waals surface area (Å²) in [6, 6.07) is 0. The number of aliphatic carboxylic acids is 4. The Labute approximate surface area is 469 Å². The Morgan fingerprint density at radius 2 is 0.695 bits per heavy atom. The van der Waals surface area contributed by atoms with E-state index in [0.29, 0.717) is 5.75 Å². The van der Waals surface area contributed by atoms with E-state index in [0.717, 1.165) is 7.11 Å². The number of thioether (sulfide) groups is 1. The smallest absolute Gasteiger partial charge is 0.332 e. The second-order valence-electron chi connectivity index (χ2n) is 18.8. The highest BCUT2D eigenvalue weighted by Gasteiger charge is 2.54. The molecular formula is C45H72O36S. The fourth-order valence-electron chi connectivity index (χ4n) is 8.96. The van der Waals surface area contributed by atoms with Crippen molar-refractivity contribution < 1.29 is 176 Å². The molecule has 0 radical (unpaired) electrons. The first-order valence-electron chi connectivity index (χ1n) is 25.1. The van der Waals surface area contributed by atoms with Crippen LogP contribution in [-0.4, -0.2) is 354 Å². The van der Waals surface area contributed by atoms with Crippen molar-refractivity contribution in [2.24, 2.45) is 0 Å². The summed E-state index contributed by atoms with van der Waals surface area (Å²) in [7, 11) is 2.37. The molecule has 82 heavy (non-hydrogen) atoms. The monoisotopic (exact) mass is 1220 g/mol. The Hall–Kier alpha value is -3.34. The number of carbonyl (C=O) groups excluding carboxylic acids is 1. The lowest BCUT2D eigenvalue weighted by molar-refractivity contribution is -0.354. The molecule has 5 aliphatic rings. The van der Waals surface area contributed by atoms with Gasteiger partial charge in [0.1, 0.15) is 162 Å². The first kappa shape index (κ1) is 69.4. The molecule has 25 unspecified atom stereocenters. The number of carboxylic acids is 4. The number of ether oxygens (including phenoxy) is 17. The number of carboxylic acid groups (broad SMARTS) is 4. The molecule has 14 N–H and O–H groups in total. The van der Waals surface area contributed by atoms with Crippen LogP contribution < -0.4 is 0 Å². The molecular weight excluding hydrogens is 1150 g/mol. The number of hydrogen-bond donors (Lipinski definition) is 14. The lowest BCUT2D eigenvalue weighted by Gasteiger charge is -2.46. The van der Waals surface area contributed by atoms with Gasteiger partial charge < -0.3 is 152 Å². The summed E-state index contributed by atoms with van der Waals surface area (Å²) in [6.45, 7) is -8.50. The first-order valence-corrected chi connectivity index (χ1v) is 26.5. The zero-order chi connectivity index (χ0) is 60.5. The molecule has 0 amide bonds. The number of methoxy groups -OCH3 is 2. The van der Waals surface area contributed by atoms with Crippen LogP contribution in [0.2, 0.25) is 0 Å². The highest BCUT2D eigenvalue weighted by molar-refractivity contribution is 7.98. The Morgan fingerprint density at radius 1 is 0.366 bits per heavy atom. The molecule has 5 heterocycles. The van der Waals surface area contributed by atoms with E-state index in [1.165, 1.54) is 18.9 Å². The molecule has 0 aliphatic carbocycles. The van der Waals surface area contributed by atoms with Crippen LogP contribution in [0.15, 0.2) is 0 Å². The first-order chi connectivity index (χ1) is 38.9. The lowest BCUT2D eigenvalue weighted by atomic mass is 9.97. The summed E-state index contributed by atoms with van der Waals surface area (Å²) in [5.74, 6) is -6.46. The minimum Gasteiger partial charge on any atom is -0.480 e. The lowest BCUT2D eigenvalue weighted by Crippen LogP contribution is -2.64. The third kappa shape index (κ3) is 19.1. The summed E-state index contributed by atoms with van der Waals surface area (Å²) in [5, 5.41) is 148. The summed E-state index contributed by atoms with van der Waals surface area (Å²) in [4.78, 5) is 58.1. The molecule has 36 nitrogen and oxygen atoms in total. The maximum atomic E-state index is 12.6. The van der Waals surface area contributed by atoms with Gasteiger partial charge in [-0.25, -0.2) is 24.0 Å². The minimum atomic E-state index is -2.10. The third-order valence-corrected chi connectivity index (χ3v) is 13.6. The van der Waals surface area contributed by atoms with Crippen molar-refractivity contribution in [2.75, 3.05) is 98.9 Å². The number of hydrogen-bond acceptors (Lipinski definition) is 33. The van der Waals surface area contributed by atoms with Crippen molar-refractivity contribution in [1.29, 1.82) is 0 Å². The van der Waals surface area contributed by atoms with Crippen molar-refractivity contribution in [3.63, 3.8) is 0 Å². The van der Waals surface area contributed by atoms with Crippen LogP contribution in [0, 0.1) is 0 Å². The Bertz CT molecular complexity index is 1980. The van der Waals surface area contributed by atoms with Crippen molar-refractivity contribution in [3.05, 3.63) is 0 Å². The van der Waals surface area contributed by atoms with Crippen molar-refractivity contribution in [1.82, 2.24) is 0 Å². The molecule has 5 rings (SSSR count).